The van der Waals surface area contributed by atoms with Gasteiger partial charge in [-0.1, -0.05) is 26.0 Å². The summed E-state index contributed by atoms with van der Waals surface area (Å²) in [6.45, 7) is 7.28. The molecule has 0 unspecified atom stereocenters. The Morgan fingerprint density at radius 2 is 2.18 bits per heavy atom. The molecule has 0 heterocycles. The number of hydrogen-bond acceptors (Lipinski definition) is 3. The molecule has 0 spiro atoms. The number of hydrogen-bond donors (Lipinski definition) is 1. The molecular formula is C14H23NOS. The van der Waals surface area contributed by atoms with Gasteiger partial charge in [0.2, 0.25) is 0 Å². The van der Waals surface area contributed by atoms with Gasteiger partial charge in [0.25, 0.3) is 0 Å². The van der Waals surface area contributed by atoms with Crippen LogP contribution in [0, 0.1) is 5.92 Å². The van der Waals surface area contributed by atoms with E-state index in [0.717, 1.165) is 25.4 Å². The van der Waals surface area contributed by atoms with Gasteiger partial charge in [-0.15, -0.1) is 11.8 Å². The number of methoxy groups -OCH3 is 1. The van der Waals surface area contributed by atoms with Crippen LogP contribution in [0.4, 0.5) is 0 Å². The van der Waals surface area contributed by atoms with E-state index in [0.29, 0.717) is 5.92 Å². The van der Waals surface area contributed by atoms with Crippen LogP contribution in [0.25, 0.3) is 0 Å². The van der Waals surface area contributed by atoms with Crippen LogP contribution in [-0.2, 0) is 11.3 Å². The highest BCUT2D eigenvalue weighted by Gasteiger charge is 1.98. The summed E-state index contributed by atoms with van der Waals surface area (Å²) in [5.41, 5.74) is 1.35. The Morgan fingerprint density at radius 1 is 1.35 bits per heavy atom. The van der Waals surface area contributed by atoms with Crippen LogP contribution in [0.5, 0.6) is 0 Å². The molecule has 0 aliphatic carbocycles. The van der Waals surface area contributed by atoms with Gasteiger partial charge in [0.15, 0.2) is 0 Å². The Balaban J connectivity index is 2.37. The maximum atomic E-state index is 5.05. The molecule has 1 aromatic rings. The standard InChI is InChI=1S/C14H23NOS/c1-12(2)10-15-11-13-5-4-6-14(9-13)17-8-7-16-3/h4-6,9,12,15H,7-8,10-11H2,1-3H3. The third kappa shape index (κ3) is 6.71. The highest BCUT2D eigenvalue weighted by Crippen LogP contribution is 2.18. The molecule has 1 aromatic carbocycles. The first-order valence-electron chi connectivity index (χ1n) is 6.13. The van der Waals surface area contributed by atoms with Crippen molar-refractivity contribution in [3.63, 3.8) is 0 Å². The van der Waals surface area contributed by atoms with E-state index in [9.17, 15) is 0 Å². The third-order valence-electron chi connectivity index (χ3n) is 2.34. The minimum absolute atomic E-state index is 0.703. The topological polar surface area (TPSA) is 21.3 Å². The van der Waals surface area contributed by atoms with Crippen molar-refractivity contribution in [2.45, 2.75) is 25.3 Å². The fraction of sp³-hybridized carbons (Fsp3) is 0.571. The van der Waals surface area contributed by atoms with Crippen LogP contribution in [-0.4, -0.2) is 26.0 Å². The molecule has 0 aromatic heterocycles. The van der Waals surface area contributed by atoms with Gasteiger partial charge in [-0.25, -0.2) is 0 Å². The minimum atomic E-state index is 0.703. The number of benzene rings is 1. The van der Waals surface area contributed by atoms with E-state index in [1.165, 1.54) is 10.5 Å². The second-order valence-electron chi connectivity index (χ2n) is 4.51. The fourth-order valence-electron chi connectivity index (χ4n) is 1.49. The molecule has 0 aliphatic heterocycles. The molecule has 0 amide bonds. The summed E-state index contributed by atoms with van der Waals surface area (Å²) >= 11 is 1.85. The lowest BCUT2D eigenvalue weighted by molar-refractivity contribution is 0.218. The monoisotopic (exact) mass is 253 g/mol. The van der Waals surface area contributed by atoms with Crippen LogP contribution in [0.2, 0.25) is 0 Å². The average Bonchev–Trinajstić information content (AvgIpc) is 2.29. The van der Waals surface area contributed by atoms with Crippen molar-refractivity contribution >= 4 is 11.8 Å². The lowest BCUT2D eigenvalue weighted by atomic mass is 10.2. The molecule has 0 fully saturated rings. The van der Waals surface area contributed by atoms with Gasteiger partial charge in [-0.3, -0.25) is 0 Å². The van der Waals surface area contributed by atoms with Crippen LogP contribution in [0.1, 0.15) is 19.4 Å². The minimum Gasteiger partial charge on any atom is -0.384 e. The van der Waals surface area contributed by atoms with Gasteiger partial charge >= 0.3 is 0 Å². The van der Waals surface area contributed by atoms with Gasteiger partial charge in [0, 0.05) is 24.3 Å². The maximum absolute atomic E-state index is 5.05. The molecule has 1 rings (SSSR count). The zero-order valence-electron chi connectivity index (χ0n) is 11.0. The van der Waals surface area contributed by atoms with Crippen LogP contribution < -0.4 is 5.32 Å². The lowest BCUT2D eigenvalue weighted by Gasteiger charge is -2.08. The summed E-state index contributed by atoms with van der Waals surface area (Å²) in [6, 6.07) is 8.72. The van der Waals surface area contributed by atoms with Crippen molar-refractivity contribution < 1.29 is 4.74 Å². The number of rotatable bonds is 8. The summed E-state index contributed by atoms with van der Waals surface area (Å²) < 4.78 is 5.05. The Morgan fingerprint density at radius 3 is 2.88 bits per heavy atom. The molecule has 96 valence electrons. The zero-order valence-corrected chi connectivity index (χ0v) is 11.8. The summed E-state index contributed by atoms with van der Waals surface area (Å²) in [5.74, 6) is 1.72. The van der Waals surface area contributed by atoms with Crippen molar-refractivity contribution in [3.8, 4) is 0 Å². The van der Waals surface area contributed by atoms with Crippen LogP contribution in [0.3, 0.4) is 0 Å². The number of ether oxygens (including phenoxy) is 1. The van der Waals surface area contributed by atoms with E-state index in [2.05, 4.69) is 43.4 Å². The Bertz CT molecular complexity index is 315. The van der Waals surface area contributed by atoms with Crippen molar-refractivity contribution in [1.29, 1.82) is 0 Å². The van der Waals surface area contributed by atoms with E-state index in [-0.39, 0.29) is 0 Å². The predicted molar refractivity (Wildman–Crippen MR) is 75.6 cm³/mol. The van der Waals surface area contributed by atoms with E-state index in [1.807, 2.05) is 11.8 Å². The fourth-order valence-corrected chi connectivity index (χ4v) is 2.39. The van der Waals surface area contributed by atoms with Crippen LogP contribution >= 0.6 is 11.8 Å². The first-order valence-corrected chi connectivity index (χ1v) is 7.12. The van der Waals surface area contributed by atoms with Gasteiger partial charge in [-0.2, -0.15) is 0 Å². The molecule has 2 nitrogen and oxygen atoms in total. The molecule has 17 heavy (non-hydrogen) atoms. The zero-order chi connectivity index (χ0) is 12.5. The van der Waals surface area contributed by atoms with Crippen LogP contribution in [0.15, 0.2) is 29.2 Å². The lowest BCUT2D eigenvalue weighted by Crippen LogP contribution is -2.18. The Labute approximate surface area is 109 Å². The summed E-state index contributed by atoms with van der Waals surface area (Å²) in [5, 5.41) is 3.46. The van der Waals surface area contributed by atoms with E-state index in [1.54, 1.807) is 7.11 Å². The molecule has 0 radical (unpaired) electrons. The van der Waals surface area contributed by atoms with Gasteiger partial charge in [0.1, 0.15) is 0 Å². The second kappa shape index (κ2) is 8.56. The van der Waals surface area contributed by atoms with Crippen molar-refractivity contribution in [2.75, 3.05) is 26.0 Å². The molecule has 3 heteroatoms. The maximum Gasteiger partial charge on any atom is 0.0556 e. The quantitative estimate of drug-likeness (QED) is 0.568. The average molecular weight is 253 g/mol. The van der Waals surface area contributed by atoms with E-state index >= 15 is 0 Å². The highest BCUT2D eigenvalue weighted by molar-refractivity contribution is 7.99. The van der Waals surface area contributed by atoms with Crippen molar-refractivity contribution in [3.05, 3.63) is 29.8 Å². The third-order valence-corrected chi connectivity index (χ3v) is 3.29. The Hall–Kier alpha value is -0.510. The van der Waals surface area contributed by atoms with Crippen molar-refractivity contribution in [1.82, 2.24) is 5.32 Å². The molecule has 0 saturated heterocycles. The molecule has 0 aliphatic rings. The number of thioether (sulfide) groups is 1. The second-order valence-corrected chi connectivity index (χ2v) is 5.68. The van der Waals surface area contributed by atoms with Gasteiger partial charge in [0.05, 0.1) is 6.61 Å². The molecule has 0 bridgehead atoms. The smallest absolute Gasteiger partial charge is 0.0556 e. The summed E-state index contributed by atoms with van der Waals surface area (Å²) in [7, 11) is 1.74. The van der Waals surface area contributed by atoms with E-state index in [4.69, 9.17) is 4.74 Å². The normalized spacial score (nSPS) is 11.1. The predicted octanol–water partition coefficient (Wildman–Crippen LogP) is 3.17. The number of nitrogens with one attached hydrogen (secondary N) is 1. The highest BCUT2D eigenvalue weighted by atomic mass is 32.2. The Kier molecular flexibility index (Phi) is 7.33. The first-order chi connectivity index (χ1) is 8.22. The molecule has 0 saturated carbocycles. The molecule has 1 N–H and O–H groups in total. The SMILES string of the molecule is COCCSc1cccc(CNCC(C)C)c1. The van der Waals surface area contributed by atoms with Gasteiger partial charge in [-0.05, 0) is 30.2 Å². The molecule has 0 atom stereocenters. The van der Waals surface area contributed by atoms with Crippen molar-refractivity contribution in [2.24, 2.45) is 5.92 Å². The summed E-state index contributed by atoms with van der Waals surface area (Å²) in [4.78, 5) is 1.32. The molecular weight excluding hydrogens is 230 g/mol. The van der Waals surface area contributed by atoms with E-state index < -0.39 is 0 Å². The first kappa shape index (κ1) is 14.6. The summed E-state index contributed by atoms with van der Waals surface area (Å²) in [6.07, 6.45) is 0. The largest absolute Gasteiger partial charge is 0.384 e. The van der Waals surface area contributed by atoms with Gasteiger partial charge < -0.3 is 10.1 Å².